The van der Waals surface area contributed by atoms with Crippen LogP contribution < -0.4 is 10.1 Å². The maximum atomic E-state index is 12.8. The van der Waals surface area contributed by atoms with Crippen LogP contribution in [0, 0.1) is 0 Å². The summed E-state index contributed by atoms with van der Waals surface area (Å²) in [6.45, 7) is 4.57. The van der Waals surface area contributed by atoms with Crippen molar-refractivity contribution in [3.05, 3.63) is 95.3 Å². The van der Waals surface area contributed by atoms with Gasteiger partial charge >= 0.3 is 0 Å². The van der Waals surface area contributed by atoms with Crippen LogP contribution in [0.4, 0.5) is 0 Å². The summed E-state index contributed by atoms with van der Waals surface area (Å²) in [7, 11) is 0. The van der Waals surface area contributed by atoms with E-state index in [4.69, 9.17) is 4.74 Å². The average Bonchev–Trinajstić information content (AvgIpc) is 2.86. The van der Waals surface area contributed by atoms with E-state index in [-0.39, 0.29) is 17.9 Å². The number of nitrogens with zero attached hydrogens (tertiary/aromatic N) is 2. The number of pyridine rings is 1. The van der Waals surface area contributed by atoms with Crippen LogP contribution in [0.1, 0.15) is 48.7 Å². The lowest BCUT2D eigenvalue weighted by Crippen LogP contribution is -2.39. The van der Waals surface area contributed by atoms with Crippen molar-refractivity contribution in [2.75, 3.05) is 6.54 Å². The average molecular weight is 444 g/mol. The molecule has 1 aromatic heterocycles. The molecule has 6 heteroatoms. The lowest BCUT2D eigenvalue weighted by molar-refractivity contribution is -0.131. The normalized spacial score (nSPS) is 15.9. The van der Waals surface area contributed by atoms with Crippen LogP contribution in [0.25, 0.3) is 0 Å². The van der Waals surface area contributed by atoms with Crippen molar-refractivity contribution in [3.8, 4) is 5.75 Å². The van der Waals surface area contributed by atoms with Gasteiger partial charge in [0.2, 0.25) is 5.91 Å². The van der Waals surface area contributed by atoms with Gasteiger partial charge in [0.05, 0.1) is 18.3 Å². The first kappa shape index (κ1) is 22.5. The highest BCUT2D eigenvalue weighted by molar-refractivity contribution is 5.81. The highest BCUT2D eigenvalue weighted by Crippen LogP contribution is 2.37. The fourth-order valence-corrected chi connectivity index (χ4v) is 4.28. The molecule has 0 unspecified atom stereocenters. The number of hydrogen-bond donors (Lipinski definition) is 1. The van der Waals surface area contributed by atoms with Crippen LogP contribution in [0.3, 0.4) is 0 Å². The molecule has 2 atom stereocenters. The van der Waals surface area contributed by atoms with E-state index >= 15 is 0 Å². The zero-order chi connectivity index (χ0) is 23.2. The molecule has 3 aromatic rings. The van der Waals surface area contributed by atoms with Gasteiger partial charge in [0, 0.05) is 19.7 Å². The van der Waals surface area contributed by atoms with Gasteiger partial charge in [-0.3, -0.25) is 14.6 Å². The smallest absolute Gasteiger partial charge is 0.261 e. The van der Waals surface area contributed by atoms with Crippen LogP contribution in [-0.2, 0) is 22.6 Å². The molecule has 1 aliphatic rings. The summed E-state index contributed by atoms with van der Waals surface area (Å²) in [5.74, 6) is 0.493. The Morgan fingerprint density at radius 2 is 1.91 bits per heavy atom. The number of ether oxygens (including phenoxy) is 1. The highest BCUT2D eigenvalue weighted by Gasteiger charge is 2.31. The second kappa shape index (κ2) is 10.3. The zero-order valence-electron chi connectivity index (χ0n) is 19.0. The molecular weight excluding hydrogens is 414 g/mol. The molecule has 1 N–H and O–H groups in total. The Morgan fingerprint density at radius 3 is 2.61 bits per heavy atom. The van der Waals surface area contributed by atoms with Gasteiger partial charge in [-0.1, -0.05) is 49.4 Å². The molecule has 0 aliphatic carbocycles. The van der Waals surface area contributed by atoms with Crippen LogP contribution >= 0.6 is 0 Å². The molecule has 2 aromatic carbocycles. The van der Waals surface area contributed by atoms with Crippen LogP contribution in [0.15, 0.2) is 72.9 Å². The number of amides is 2. The van der Waals surface area contributed by atoms with E-state index in [1.165, 1.54) is 5.56 Å². The quantitative estimate of drug-likeness (QED) is 0.598. The zero-order valence-corrected chi connectivity index (χ0v) is 19.0. The van der Waals surface area contributed by atoms with E-state index in [1.54, 1.807) is 13.1 Å². The summed E-state index contributed by atoms with van der Waals surface area (Å²) in [6.07, 6.45) is 2.41. The number of benzene rings is 2. The van der Waals surface area contributed by atoms with Gasteiger partial charge in [-0.05, 0) is 53.8 Å². The summed E-state index contributed by atoms with van der Waals surface area (Å²) >= 11 is 0. The van der Waals surface area contributed by atoms with Crippen LogP contribution in [0.2, 0.25) is 0 Å². The largest absolute Gasteiger partial charge is 0.481 e. The van der Waals surface area contributed by atoms with Gasteiger partial charge in [-0.2, -0.15) is 0 Å². The minimum Gasteiger partial charge on any atom is -0.481 e. The molecule has 1 aliphatic heterocycles. The first-order chi connectivity index (χ1) is 16.1. The Bertz CT molecular complexity index is 1100. The van der Waals surface area contributed by atoms with E-state index in [9.17, 15) is 9.59 Å². The van der Waals surface area contributed by atoms with Gasteiger partial charge in [0.15, 0.2) is 6.10 Å². The van der Waals surface area contributed by atoms with Crippen molar-refractivity contribution >= 4 is 11.8 Å². The third-order valence-electron chi connectivity index (χ3n) is 5.98. The minimum atomic E-state index is -0.616. The molecule has 2 heterocycles. The van der Waals surface area contributed by atoms with Gasteiger partial charge in [-0.15, -0.1) is 0 Å². The molecule has 33 heavy (non-hydrogen) atoms. The van der Waals surface area contributed by atoms with Crippen molar-refractivity contribution in [3.63, 3.8) is 0 Å². The molecule has 6 nitrogen and oxygen atoms in total. The second-order valence-corrected chi connectivity index (χ2v) is 8.19. The molecule has 2 amide bonds. The number of carbonyl (C=O) groups is 2. The predicted octanol–water partition coefficient (Wildman–Crippen LogP) is 4.05. The van der Waals surface area contributed by atoms with Crippen molar-refractivity contribution in [1.82, 2.24) is 15.2 Å². The second-order valence-electron chi connectivity index (χ2n) is 8.19. The third-order valence-corrected chi connectivity index (χ3v) is 5.98. The molecule has 0 fully saturated rings. The fourth-order valence-electron chi connectivity index (χ4n) is 4.28. The molecule has 0 saturated heterocycles. The van der Waals surface area contributed by atoms with E-state index in [2.05, 4.69) is 16.4 Å². The molecule has 0 bridgehead atoms. The summed E-state index contributed by atoms with van der Waals surface area (Å²) < 4.78 is 6.12. The van der Waals surface area contributed by atoms with E-state index in [0.717, 1.165) is 23.2 Å². The Labute approximate surface area is 194 Å². The lowest BCUT2D eigenvalue weighted by Gasteiger charge is -2.37. The standard InChI is InChI=1S/C27H29N3O3/c1-3-25(27(32)29-18-22-11-7-8-15-28-22)33-23-13-12-20-14-16-30(19(2)31)26(24(20)17-23)21-9-5-4-6-10-21/h4-13,15,17,25-26H,3,14,16,18H2,1-2H3,(H,29,32)/t25-,26-/m0/s1. The number of rotatable bonds is 7. The number of aromatic nitrogens is 1. The number of fused-ring (bicyclic) bond motifs is 1. The summed E-state index contributed by atoms with van der Waals surface area (Å²) in [4.78, 5) is 31.3. The van der Waals surface area contributed by atoms with Gasteiger partial charge in [0.25, 0.3) is 5.91 Å². The van der Waals surface area contributed by atoms with E-state index < -0.39 is 6.10 Å². The topological polar surface area (TPSA) is 71.5 Å². The Morgan fingerprint density at radius 1 is 1.12 bits per heavy atom. The van der Waals surface area contributed by atoms with Crippen LogP contribution in [-0.4, -0.2) is 34.3 Å². The summed E-state index contributed by atoms with van der Waals surface area (Å²) in [5, 5.41) is 2.91. The maximum Gasteiger partial charge on any atom is 0.261 e. The lowest BCUT2D eigenvalue weighted by atomic mass is 9.88. The SMILES string of the molecule is CC[C@H](Oc1ccc2c(c1)[C@H](c1ccccc1)N(C(C)=O)CC2)C(=O)NCc1ccccn1. The molecule has 0 saturated carbocycles. The molecule has 4 rings (SSSR count). The van der Waals surface area contributed by atoms with Crippen molar-refractivity contribution in [2.45, 2.75) is 45.4 Å². The third kappa shape index (κ3) is 5.22. The number of hydrogen-bond acceptors (Lipinski definition) is 4. The van der Waals surface area contributed by atoms with Gasteiger partial charge in [-0.25, -0.2) is 0 Å². The monoisotopic (exact) mass is 443 g/mol. The predicted molar refractivity (Wildman–Crippen MR) is 127 cm³/mol. The van der Waals surface area contributed by atoms with Crippen molar-refractivity contribution in [2.24, 2.45) is 0 Å². The first-order valence-electron chi connectivity index (χ1n) is 11.4. The summed E-state index contributed by atoms with van der Waals surface area (Å²) in [6, 6.07) is 21.4. The Balaban J connectivity index is 1.55. The molecular formula is C27H29N3O3. The fraction of sp³-hybridized carbons (Fsp3) is 0.296. The van der Waals surface area contributed by atoms with Gasteiger partial charge in [0.1, 0.15) is 5.75 Å². The number of carbonyl (C=O) groups excluding carboxylic acids is 2. The molecule has 170 valence electrons. The van der Waals surface area contributed by atoms with Crippen molar-refractivity contribution in [1.29, 1.82) is 0 Å². The highest BCUT2D eigenvalue weighted by atomic mass is 16.5. The van der Waals surface area contributed by atoms with Crippen LogP contribution in [0.5, 0.6) is 5.75 Å². The Kier molecular flexibility index (Phi) is 7.03. The minimum absolute atomic E-state index is 0.0427. The Hall–Kier alpha value is -3.67. The maximum absolute atomic E-state index is 12.8. The van der Waals surface area contributed by atoms with Crippen molar-refractivity contribution < 1.29 is 14.3 Å². The first-order valence-corrected chi connectivity index (χ1v) is 11.4. The van der Waals surface area contributed by atoms with E-state index in [1.807, 2.05) is 72.5 Å². The number of nitrogens with one attached hydrogen (secondary N) is 1. The molecule has 0 radical (unpaired) electrons. The van der Waals surface area contributed by atoms with Gasteiger partial charge < -0.3 is 15.0 Å². The van der Waals surface area contributed by atoms with E-state index in [0.29, 0.717) is 25.3 Å². The summed E-state index contributed by atoms with van der Waals surface area (Å²) in [5.41, 5.74) is 4.10. The molecule has 0 spiro atoms.